The van der Waals surface area contributed by atoms with Crippen LogP contribution in [0.1, 0.15) is 25.0 Å². The Morgan fingerprint density at radius 1 is 0.591 bits per heavy atom. The summed E-state index contributed by atoms with van der Waals surface area (Å²) in [7, 11) is 0. The SMILES string of the molecule is CC(C)(c1ccccc1)c1ccc(-c2ccc(O)cc2)cc1. The van der Waals surface area contributed by atoms with Gasteiger partial charge in [-0.05, 0) is 34.4 Å². The third kappa shape index (κ3) is 2.75. The van der Waals surface area contributed by atoms with Crippen molar-refractivity contribution >= 4 is 0 Å². The summed E-state index contributed by atoms with van der Waals surface area (Å²) < 4.78 is 0. The minimum absolute atomic E-state index is 0.0191. The van der Waals surface area contributed by atoms with Crippen molar-refractivity contribution in [1.29, 1.82) is 0 Å². The lowest BCUT2D eigenvalue weighted by molar-refractivity contribution is 0.475. The molecule has 0 amide bonds. The van der Waals surface area contributed by atoms with Crippen molar-refractivity contribution < 1.29 is 5.11 Å². The van der Waals surface area contributed by atoms with Crippen LogP contribution in [0.4, 0.5) is 0 Å². The van der Waals surface area contributed by atoms with Crippen LogP contribution < -0.4 is 0 Å². The van der Waals surface area contributed by atoms with Gasteiger partial charge in [-0.3, -0.25) is 0 Å². The molecule has 1 N–H and O–H groups in total. The van der Waals surface area contributed by atoms with E-state index in [0.717, 1.165) is 11.1 Å². The fourth-order valence-electron chi connectivity index (χ4n) is 2.75. The Labute approximate surface area is 131 Å². The first-order chi connectivity index (χ1) is 10.6. The van der Waals surface area contributed by atoms with Crippen LogP contribution in [0.5, 0.6) is 5.75 Å². The molecule has 0 aliphatic heterocycles. The average Bonchev–Trinajstić information content (AvgIpc) is 2.56. The lowest BCUT2D eigenvalue weighted by Gasteiger charge is -2.26. The van der Waals surface area contributed by atoms with E-state index in [4.69, 9.17) is 0 Å². The molecule has 0 spiro atoms. The third-order valence-corrected chi connectivity index (χ3v) is 4.30. The zero-order chi connectivity index (χ0) is 15.6. The Morgan fingerprint density at radius 3 is 1.59 bits per heavy atom. The van der Waals surface area contributed by atoms with Crippen LogP contribution in [-0.2, 0) is 5.41 Å². The van der Waals surface area contributed by atoms with Crippen LogP contribution in [0.15, 0.2) is 78.9 Å². The van der Waals surface area contributed by atoms with E-state index in [1.54, 1.807) is 12.1 Å². The largest absolute Gasteiger partial charge is 0.508 e. The van der Waals surface area contributed by atoms with E-state index in [1.165, 1.54) is 11.1 Å². The topological polar surface area (TPSA) is 20.2 Å². The fourth-order valence-corrected chi connectivity index (χ4v) is 2.75. The van der Waals surface area contributed by atoms with E-state index in [9.17, 15) is 5.11 Å². The van der Waals surface area contributed by atoms with E-state index >= 15 is 0 Å². The van der Waals surface area contributed by atoms with Gasteiger partial charge < -0.3 is 5.11 Å². The predicted octanol–water partition coefficient (Wildman–Crippen LogP) is 5.39. The van der Waals surface area contributed by atoms with Crippen LogP contribution in [0.3, 0.4) is 0 Å². The summed E-state index contributed by atoms with van der Waals surface area (Å²) in [4.78, 5) is 0. The Kier molecular flexibility index (Phi) is 3.72. The van der Waals surface area contributed by atoms with Crippen LogP contribution >= 0.6 is 0 Å². The molecule has 0 radical (unpaired) electrons. The standard InChI is InChI=1S/C21H20O/c1-21(2,18-6-4-3-5-7-18)19-12-8-16(9-13-19)17-10-14-20(22)15-11-17/h3-15,22H,1-2H3. The summed E-state index contributed by atoms with van der Waals surface area (Å²) >= 11 is 0. The molecular formula is C21H20O. The number of hydrogen-bond donors (Lipinski definition) is 1. The first-order valence-corrected chi connectivity index (χ1v) is 7.53. The Hall–Kier alpha value is -2.54. The summed E-state index contributed by atoms with van der Waals surface area (Å²) in [5, 5.41) is 9.38. The van der Waals surface area contributed by atoms with Crippen LogP contribution in [0, 0.1) is 0 Å². The molecule has 3 aromatic carbocycles. The summed E-state index contributed by atoms with van der Waals surface area (Å²) in [5.74, 6) is 0.297. The predicted molar refractivity (Wildman–Crippen MR) is 92.1 cm³/mol. The highest BCUT2D eigenvalue weighted by atomic mass is 16.3. The quantitative estimate of drug-likeness (QED) is 0.685. The average molecular weight is 288 g/mol. The number of phenols is 1. The van der Waals surface area contributed by atoms with E-state index in [0.29, 0.717) is 5.75 Å². The number of hydrogen-bond acceptors (Lipinski definition) is 1. The third-order valence-electron chi connectivity index (χ3n) is 4.30. The van der Waals surface area contributed by atoms with Crippen molar-refractivity contribution in [2.45, 2.75) is 19.3 Å². The first-order valence-electron chi connectivity index (χ1n) is 7.53. The molecule has 3 aromatic rings. The highest BCUT2D eigenvalue weighted by Gasteiger charge is 2.22. The van der Waals surface area contributed by atoms with Gasteiger partial charge in [0.15, 0.2) is 0 Å². The molecule has 0 fully saturated rings. The van der Waals surface area contributed by atoms with Crippen molar-refractivity contribution in [3.05, 3.63) is 90.0 Å². The van der Waals surface area contributed by atoms with Gasteiger partial charge in [0.25, 0.3) is 0 Å². The fraction of sp³-hybridized carbons (Fsp3) is 0.143. The second-order valence-corrected chi connectivity index (χ2v) is 6.12. The first kappa shape index (κ1) is 14.4. The molecule has 110 valence electrons. The van der Waals surface area contributed by atoms with Crippen LogP contribution in [-0.4, -0.2) is 5.11 Å². The molecule has 1 nitrogen and oxygen atoms in total. The van der Waals surface area contributed by atoms with Crippen LogP contribution in [0.2, 0.25) is 0 Å². The summed E-state index contributed by atoms with van der Waals surface area (Å²) in [6.07, 6.45) is 0. The van der Waals surface area contributed by atoms with E-state index in [-0.39, 0.29) is 5.41 Å². The van der Waals surface area contributed by atoms with Crippen molar-refractivity contribution in [1.82, 2.24) is 0 Å². The van der Waals surface area contributed by atoms with Crippen molar-refractivity contribution in [2.24, 2.45) is 0 Å². The molecule has 0 bridgehead atoms. The Balaban J connectivity index is 1.93. The van der Waals surface area contributed by atoms with E-state index < -0.39 is 0 Å². The van der Waals surface area contributed by atoms with Gasteiger partial charge in [0.1, 0.15) is 5.75 Å². The molecule has 0 aromatic heterocycles. The molecule has 1 heteroatoms. The zero-order valence-corrected chi connectivity index (χ0v) is 13.0. The van der Waals surface area contributed by atoms with Crippen molar-refractivity contribution in [2.75, 3.05) is 0 Å². The Bertz CT molecular complexity index is 738. The van der Waals surface area contributed by atoms with Crippen LogP contribution in [0.25, 0.3) is 11.1 Å². The minimum atomic E-state index is -0.0191. The van der Waals surface area contributed by atoms with Gasteiger partial charge in [0, 0.05) is 5.41 Å². The van der Waals surface area contributed by atoms with E-state index in [2.05, 4.69) is 62.4 Å². The summed E-state index contributed by atoms with van der Waals surface area (Å²) in [5.41, 5.74) is 4.86. The lowest BCUT2D eigenvalue weighted by Crippen LogP contribution is -2.18. The number of benzene rings is 3. The zero-order valence-electron chi connectivity index (χ0n) is 13.0. The molecule has 0 unspecified atom stereocenters. The van der Waals surface area contributed by atoms with Crippen molar-refractivity contribution in [3.8, 4) is 16.9 Å². The van der Waals surface area contributed by atoms with E-state index in [1.807, 2.05) is 18.2 Å². The summed E-state index contributed by atoms with van der Waals surface area (Å²) in [6.45, 7) is 4.50. The second-order valence-electron chi connectivity index (χ2n) is 6.12. The van der Waals surface area contributed by atoms with Gasteiger partial charge in [0.05, 0.1) is 0 Å². The molecule has 0 saturated carbocycles. The smallest absolute Gasteiger partial charge is 0.115 e. The summed E-state index contributed by atoms with van der Waals surface area (Å²) in [6, 6.07) is 26.6. The molecule has 22 heavy (non-hydrogen) atoms. The Morgan fingerprint density at radius 2 is 1.05 bits per heavy atom. The normalized spacial score (nSPS) is 11.4. The lowest BCUT2D eigenvalue weighted by atomic mass is 9.78. The molecular weight excluding hydrogens is 268 g/mol. The maximum Gasteiger partial charge on any atom is 0.115 e. The van der Waals surface area contributed by atoms with Gasteiger partial charge in [0.2, 0.25) is 0 Å². The monoisotopic (exact) mass is 288 g/mol. The highest BCUT2D eigenvalue weighted by molar-refractivity contribution is 5.64. The van der Waals surface area contributed by atoms with Gasteiger partial charge in [-0.25, -0.2) is 0 Å². The number of rotatable bonds is 3. The van der Waals surface area contributed by atoms with Gasteiger partial charge in [-0.1, -0.05) is 80.6 Å². The molecule has 0 atom stereocenters. The number of aromatic hydroxyl groups is 1. The minimum Gasteiger partial charge on any atom is -0.508 e. The second kappa shape index (κ2) is 5.69. The maximum atomic E-state index is 9.38. The molecule has 3 rings (SSSR count). The molecule has 0 heterocycles. The van der Waals surface area contributed by atoms with Gasteiger partial charge >= 0.3 is 0 Å². The molecule has 0 aliphatic rings. The maximum absolute atomic E-state index is 9.38. The number of phenolic OH excluding ortho intramolecular Hbond substituents is 1. The molecule has 0 saturated heterocycles. The van der Waals surface area contributed by atoms with Gasteiger partial charge in [-0.2, -0.15) is 0 Å². The van der Waals surface area contributed by atoms with Gasteiger partial charge in [-0.15, -0.1) is 0 Å². The molecule has 0 aliphatic carbocycles. The highest BCUT2D eigenvalue weighted by Crippen LogP contribution is 2.32. The van der Waals surface area contributed by atoms with Crippen molar-refractivity contribution in [3.63, 3.8) is 0 Å².